The molecule has 0 radical (unpaired) electrons. The first-order chi connectivity index (χ1) is 19.9. The maximum atomic E-state index is 13.3. The van der Waals surface area contributed by atoms with Crippen LogP contribution in [-0.4, -0.2) is 82.4 Å². The number of anilines is 2. The monoisotopic (exact) mass is 636 g/mol. The van der Waals surface area contributed by atoms with Crippen LogP contribution in [0.15, 0.2) is 34.8 Å². The summed E-state index contributed by atoms with van der Waals surface area (Å²) < 4.78 is 3.44. The van der Waals surface area contributed by atoms with Crippen molar-refractivity contribution in [2.24, 2.45) is 12.2 Å². The fourth-order valence-electron chi connectivity index (χ4n) is 4.40. The first kappa shape index (κ1) is 29.1. The van der Waals surface area contributed by atoms with E-state index in [0.29, 0.717) is 17.2 Å². The molecule has 3 atom stereocenters. The number of imidazole rings is 1. The van der Waals surface area contributed by atoms with Crippen molar-refractivity contribution in [2.75, 3.05) is 17.2 Å². The zero-order chi connectivity index (χ0) is 30.5. The van der Waals surface area contributed by atoms with Gasteiger partial charge in [0.15, 0.2) is 10.8 Å². The number of nitrogens with one attached hydrogen (secondary N) is 1. The number of carboxylic acid groups (broad SMARTS) is 2. The third-order valence-corrected chi connectivity index (χ3v) is 8.96. The number of carboxylic acids is 2. The number of carbonyl (C=O) groups excluding carboxylic acids is 2. The van der Waals surface area contributed by atoms with Crippen molar-refractivity contribution < 1.29 is 38.8 Å². The van der Waals surface area contributed by atoms with E-state index in [0.717, 1.165) is 21.8 Å². The number of nitrogens with zero attached hydrogens (tertiary/aromatic N) is 6. The molecule has 0 saturated carbocycles. The molecule has 2 aliphatic rings. The Balaban J connectivity index is 1.40. The summed E-state index contributed by atoms with van der Waals surface area (Å²) in [5, 5.41) is 24.6. The molecule has 7 N–H and O–H groups in total. The number of thioether (sulfide) groups is 1. The van der Waals surface area contributed by atoms with Crippen LogP contribution >= 0.6 is 34.7 Å². The Labute approximate surface area is 249 Å². The van der Waals surface area contributed by atoms with Crippen molar-refractivity contribution >= 4 is 86.4 Å². The largest absolute Gasteiger partial charge is 0.478 e. The number of aryl methyl sites for hydroxylation is 1. The molecule has 1 fully saturated rings. The Morgan fingerprint density at radius 1 is 1.33 bits per heavy atom. The topological polar surface area (TPSA) is 232 Å². The van der Waals surface area contributed by atoms with Crippen LogP contribution in [0.5, 0.6) is 0 Å². The van der Waals surface area contributed by atoms with Gasteiger partial charge in [0.25, 0.3) is 11.8 Å². The molecule has 2 aliphatic heterocycles. The Morgan fingerprint density at radius 2 is 2.07 bits per heavy atom. The van der Waals surface area contributed by atoms with Crippen molar-refractivity contribution in [1.29, 1.82) is 0 Å². The quantitative estimate of drug-likeness (QED) is 0.0887. The Morgan fingerprint density at radius 3 is 2.71 bits per heavy atom. The summed E-state index contributed by atoms with van der Waals surface area (Å²) in [7, 11) is 1.76. The first-order valence-corrected chi connectivity index (χ1v) is 14.3. The number of hydrogen-bond donors (Lipinski definition) is 5. The lowest BCUT2D eigenvalue weighted by molar-refractivity contribution is -0.664. The molecule has 2 amide bonds. The molecule has 220 valence electrons. The maximum absolute atomic E-state index is 13.3. The number of amides is 2. The molecular formula is C23H23ClN9O7S2+. The van der Waals surface area contributed by atoms with Gasteiger partial charge >= 0.3 is 23.5 Å². The van der Waals surface area contributed by atoms with E-state index in [-0.39, 0.29) is 33.2 Å². The second-order valence-electron chi connectivity index (χ2n) is 9.19. The van der Waals surface area contributed by atoms with E-state index in [2.05, 4.69) is 20.4 Å². The fourth-order valence-corrected chi connectivity index (χ4v) is 6.66. The highest BCUT2D eigenvalue weighted by atomic mass is 35.5. The minimum Gasteiger partial charge on any atom is -0.478 e. The number of halogens is 1. The number of nitrogen functional groups attached to an aromatic ring is 2. The smallest absolute Gasteiger partial charge is 0.352 e. The molecule has 5 rings (SSSR count). The molecule has 19 heteroatoms. The molecule has 3 aromatic rings. The van der Waals surface area contributed by atoms with Gasteiger partial charge in [-0.05, 0) is 24.0 Å². The predicted molar refractivity (Wildman–Crippen MR) is 151 cm³/mol. The summed E-state index contributed by atoms with van der Waals surface area (Å²) in [6.07, 6.45) is 0.328. The molecule has 42 heavy (non-hydrogen) atoms. The van der Waals surface area contributed by atoms with Gasteiger partial charge in [0, 0.05) is 18.4 Å². The van der Waals surface area contributed by atoms with Crippen LogP contribution in [0.4, 0.5) is 11.1 Å². The lowest BCUT2D eigenvalue weighted by atomic mass is 10.0. The lowest BCUT2D eigenvalue weighted by Crippen LogP contribution is -2.71. The van der Waals surface area contributed by atoms with Crippen LogP contribution in [0.2, 0.25) is 4.34 Å². The molecule has 5 heterocycles. The Hall–Kier alpha value is -4.42. The Bertz CT molecular complexity index is 1720. The molecule has 1 saturated heterocycles. The molecule has 1 unspecified atom stereocenters. The van der Waals surface area contributed by atoms with Crippen LogP contribution in [0.3, 0.4) is 0 Å². The number of pyridine rings is 1. The number of fused-ring (bicyclic) bond motifs is 2. The number of oxime groups is 1. The average Bonchev–Trinajstić information content (AvgIpc) is 3.43. The van der Waals surface area contributed by atoms with Gasteiger partial charge in [-0.25, -0.2) is 19.1 Å². The highest BCUT2D eigenvalue weighted by Crippen LogP contribution is 2.40. The zero-order valence-electron chi connectivity index (χ0n) is 21.8. The average molecular weight is 637 g/mol. The van der Waals surface area contributed by atoms with Gasteiger partial charge in [-0.2, -0.15) is 0 Å². The molecule has 3 aromatic heterocycles. The number of nitrogens with two attached hydrogens (primary N) is 2. The summed E-state index contributed by atoms with van der Waals surface area (Å²) in [6, 6.07) is 2.49. The van der Waals surface area contributed by atoms with Crippen LogP contribution in [-0.2, 0) is 37.6 Å². The fraction of sp³-hybridized carbons (Fsp3) is 0.304. The van der Waals surface area contributed by atoms with Gasteiger partial charge in [-0.3, -0.25) is 19.1 Å². The van der Waals surface area contributed by atoms with Crippen LogP contribution < -0.4 is 21.4 Å². The number of aromatic nitrogens is 4. The summed E-state index contributed by atoms with van der Waals surface area (Å²) >= 11 is 8.26. The summed E-state index contributed by atoms with van der Waals surface area (Å²) in [5.41, 5.74) is 12.5. The van der Waals surface area contributed by atoms with Gasteiger partial charge < -0.3 is 31.8 Å². The van der Waals surface area contributed by atoms with E-state index in [4.69, 9.17) is 33.0 Å². The van der Waals surface area contributed by atoms with Crippen LogP contribution in [0.25, 0.3) is 11.2 Å². The minimum atomic E-state index is -1.41. The standard InChI is InChI=1S/C23H22ClN9O7S2/c1-8(20(36)37)40-30-12(11-15(24)42-23(26)28-11)17(34)27-13-18(35)33-14(21(38)39)9(7-41-19(13)33)6-32-5-3-4-10-16(32)29-22(25)31(10)2/h3-5,8,13,19,25H,6-7H2,1-2H3,(H5,26,27,28,34,36,37,38,39)/p+1/t8-,13?,19+/m0/s1. The maximum Gasteiger partial charge on any atom is 0.352 e. The van der Waals surface area contributed by atoms with Crippen molar-refractivity contribution in [2.45, 2.75) is 31.0 Å². The summed E-state index contributed by atoms with van der Waals surface area (Å²) in [5.74, 6) is -3.72. The van der Waals surface area contributed by atoms with Crippen molar-refractivity contribution in [3.63, 3.8) is 0 Å². The third kappa shape index (κ3) is 5.07. The molecule has 0 bridgehead atoms. The van der Waals surface area contributed by atoms with Gasteiger partial charge in [-0.15, -0.1) is 11.8 Å². The summed E-state index contributed by atoms with van der Waals surface area (Å²) in [4.78, 5) is 64.4. The van der Waals surface area contributed by atoms with E-state index in [1.165, 1.54) is 18.7 Å². The van der Waals surface area contributed by atoms with E-state index in [1.807, 2.05) is 6.07 Å². The van der Waals surface area contributed by atoms with Gasteiger partial charge in [0.2, 0.25) is 6.10 Å². The van der Waals surface area contributed by atoms with Crippen LogP contribution in [0.1, 0.15) is 12.6 Å². The Kier molecular flexibility index (Phi) is 7.69. The first-order valence-electron chi connectivity index (χ1n) is 12.1. The van der Waals surface area contributed by atoms with Crippen molar-refractivity contribution in [3.8, 4) is 0 Å². The SMILES string of the molecule is C[C@H](ON=C(C(=O)NC1C(=O)N2C(C(=O)O)=C(C[n+]3cccc4c3nc(N)n4C)CS[C@H]12)c1nc(N)sc1Cl)C(=O)O. The van der Waals surface area contributed by atoms with Crippen molar-refractivity contribution in [3.05, 3.63) is 39.6 Å². The van der Waals surface area contributed by atoms with Crippen molar-refractivity contribution in [1.82, 2.24) is 24.8 Å². The minimum absolute atomic E-state index is 0.00972. The van der Waals surface area contributed by atoms with E-state index >= 15 is 0 Å². The predicted octanol–water partition coefficient (Wildman–Crippen LogP) is -0.232. The zero-order valence-corrected chi connectivity index (χ0v) is 24.2. The number of rotatable bonds is 9. The highest BCUT2D eigenvalue weighted by Gasteiger charge is 2.54. The van der Waals surface area contributed by atoms with Gasteiger partial charge in [-0.1, -0.05) is 28.1 Å². The van der Waals surface area contributed by atoms with Crippen LogP contribution in [0, 0.1) is 0 Å². The number of carbonyl (C=O) groups is 4. The highest BCUT2D eigenvalue weighted by molar-refractivity contribution is 8.00. The molecular weight excluding hydrogens is 614 g/mol. The lowest BCUT2D eigenvalue weighted by Gasteiger charge is -2.49. The second kappa shape index (κ2) is 11.1. The third-order valence-electron chi connectivity index (χ3n) is 6.54. The van der Waals surface area contributed by atoms with E-state index < -0.39 is 47.0 Å². The second-order valence-corrected chi connectivity index (χ2v) is 11.9. The number of aliphatic carboxylic acids is 2. The van der Waals surface area contributed by atoms with E-state index in [9.17, 15) is 24.3 Å². The van der Waals surface area contributed by atoms with E-state index in [1.54, 1.807) is 28.4 Å². The molecule has 16 nitrogen and oxygen atoms in total. The number of β-lactam (4-membered cyclic amide) rings is 1. The van der Waals surface area contributed by atoms with Gasteiger partial charge in [0.1, 0.15) is 39.2 Å². The summed E-state index contributed by atoms with van der Waals surface area (Å²) in [6.45, 7) is 1.33. The number of hydrogen-bond acceptors (Lipinski definition) is 12. The van der Waals surface area contributed by atoms with Gasteiger partial charge in [0.05, 0.1) is 6.20 Å². The molecule has 0 spiro atoms. The number of thiazole rings is 1. The molecule has 0 aromatic carbocycles. The normalized spacial score (nSPS) is 19.4. The molecule has 0 aliphatic carbocycles.